The summed E-state index contributed by atoms with van der Waals surface area (Å²) in [5.74, 6) is -0.139. The summed E-state index contributed by atoms with van der Waals surface area (Å²) in [6.45, 7) is 6.22. The van der Waals surface area contributed by atoms with Crippen LogP contribution in [0.25, 0.3) is 0 Å². The van der Waals surface area contributed by atoms with Gasteiger partial charge in [-0.15, -0.1) is 0 Å². The molecule has 1 atom stereocenters. The quantitative estimate of drug-likeness (QED) is 0.791. The average Bonchev–Trinajstić information content (AvgIpc) is 2.65. The molecule has 0 radical (unpaired) electrons. The fourth-order valence-electron chi connectivity index (χ4n) is 3.73. The zero-order valence-corrected chi connectivity index (χ0v) is 16.6. The molecule has 2 aromatic rings. The molecule has 0 bridgehead atoms. The molecule has 144 valence electrons. The van der Waals surface area contributed by atoms with Gasteiger partial charge in [-0.1, -0.05) is 41.9 Å². The molecule has 2 aromatic carbocycles. The van der Waals surface area contributed by atoms with Crippen LogP contribution in [0, 0.1) is 18.7 Å². The van der Waals surface area contributed by atoms with E-state index in [0.29, 0.717) is 17.1 Å². The van der Waals surface area contributed by atoms with E-state index in [-0.39, 0.29) is 23.7 Å². The molecule has 1 saturated heterocycles. The number of nitrogens with zero attached hydrogens (tertiary/aromatic N) is 1. The first-order valence-corrected chi connectivity index (χ1v) is 9.84. The Balaban J connectivity index is 1.51. The lowest BCUT2D eigenvalue weighted by atomic mass is 9.94. The maximum Gasteiger partial charge on any atom is 0.223 e. The maximum atomic E-state index is 14.0. The topological polar surface area (TPSA) is 32.3 Å². The number of halogens is 2. The molecule has 27 heavy (non-hydrogen) atoms. The Morgan fingerprint density at radius 1 is 1.26 bits per heavy atom. The van der Waals surface area contributed by atoms with Gasteiger partial charge in [-0.25, -0.2) is 4.39 Å². The Morgan fingerprint density at radius 2 is 1.96 bits per heavy atom. The number of likely N-dealkylation sites (tertiary alicyclic amines) is 1. The van der Waals surface area contributed by atoms with Gasteiger partial charge in [0.1, 0.15) is 5.82 Å². The lowest BCUT2D eigenvalue weighted by molar-refractivity contribution is -0.127. The van der Waals surface area contributed by atoms with Crippen LogP contribution in [-0.4, -0.2) is 23.9 Å². The van der Waals surface area contributed by atoms with Gasteiger partial charge in [0.05, 0.1) is 6.04 Å². The Morgan fingerprint density at radius 3 is 2.63 bits per heavy atom. The van der Waals surface area contributed by atoms with E-state index in [2.05, 4.69) is 29.3 Å². The summed E-state index contributed by atoms with van der Waals surface area (Å²) >= 11 is 5.81. The Bertz CT molecular complexity index is 803. The molecule has 1 amide bonds. The molecule has 1 N–H and O–H groups in total. The van der Waals surface area contributed by atoms with Crippen LogP contribution in [0.4, 0.5) is 4.39 Å². The molecule has 5 heteroatoms. The molecule has 3 rings (SSSR count). The van der Waals surface area contributed by atoms with Gasteiger partial charge in [0.25, 0.3) is 0 Å². The van der Waals surface area contributed by atoms with E-state index in [9.17, 15) is 9.18 Å². The van der Waals surface area contributed by atoms with Crippen molar-refractivity contribution in [3.8, 4) is 0 Å². The Labute approximate surface area is 165 Å². The third-order valence-corrected chi connectivity index (χ3v) is 5.62. The molecule has 1 fully saturated rings. The van der Waals surface area contributed by atoms with Crippen LogP contribution in [0.15, 0.2) is 42.5 Å². The van der Waals surface area contributed by atoms with Crippen molar-refractivity contribution in [3.63, 3.8) is 0 Å². The molecule has 1 aliphatic heterocycles. The minimum atomic E-state index is -0.269. The second-order valence-electron chi connectivity index (χ2n) is 7.37. The van der Waals surface area contributed by atoms with Crippen molar-refractivity contribution in [2.24, 2.45) is 5.92 Å². The molecule has 0 aromatic heterocycles. The van der Waals surface area contributed by atoms with Gasteiger partial charge in [-0.05, 0) is 63.0 Å². The summed E-state index contributed by atoms with van der Waals surface area (Å²) in [7, 11) is 0. The number of rotatable bonds is 5. The molecule has 0 spiro atoms. The fourth-order valence-corrected chi connectivity index (χ4v) is 3.88. The maximum absolute atomic E-state index is 14.0. The average molecular weight is 389 g/mol. The van der Waals surface area contributed by atoms with Crippen LogP contribution in [0.1, 0.15) is 42.5 Å². The Kier molecular flexibility index (Phi) is 6.51. The number of aryl methyl sites for hydroxylation is 1. The van der Waals surface area contributed by atoms with E-state index in [1.807, 2.05) is 19.1 Å². The first-order chi connectivity index (χ1) is 12.9. The first-order valence-electron chi connectivity index (χ1n) is 9.46. The Hall–Kier alpha value is -1.91. The fraction of sp³-hybridized carbons (Fsp3) is 0.409. The normalized spacial score (nSPS) is 16.9. The van der Waals surface area contributed by atoms with Crippen molar-refractivity contribution in [1.29, 1.82) is 0 Å². The highest BCUT2D eigenvalue weighted by molar-refractivity contribution is 6.30. The summed E-state index contributed by atoms with van der Waals surface area (Å²) < 4.78 is 14.0. The van der Waals surface area contributed by atoms with Crippen LogP contribution in [0.2, 0.25) is 5.02 Å². The zero-order valence-electron chi connectivity index (χ0n) is 15.8. The minimum absolute atomic E-state index is 0.0000993. The summed E-state index contributed by atoms with van der Waals surface area (Å²) in [6.07, 6.45) is 1.59. The van der Waals surface area contributed by atoms with Crippen LogP contribution < -0.4 is 5.32 Å². The van der Waals surface area contributed by atoms with Gasteiger partial charge in [0.2, 0.25) is 5.91 Å². The van der Waals surface area contributed by atoms with Gasteiger partial charge < -0.3 is 5.32 Å². The van der Waals surface area contributed by atoms with Crippen LogP contribution in [-0.2, 0) is 11.3 Å². The lowest BCUT2D eigenvalue weighted by Crippen LogP contribution is -2.41. The first kappa shape index (κ1) is 19.8. The number of hydrogen-bond acceptors (Lipinski definition) is 2. The van der Waals surface area contributed by atoms with Crippen molar-refractivity contribution in [2.75, 3.05) is 13.1 Å². The predicted molar refractivity (Wildman–Crippen MR) is 107 cm³/mol. The molecule has 0 saturated carbocycles. The highest BCUT2D eigenvalue weighted by atomic mass is 35.5. The summed E-state index contributed by atoms with van der Waals surface area (Å²) in [5.41, 5.74) is 2.99. The van der Waals surface area contributed by atoms with E-state index in [1.165, 1.54) is 11.6 Å². The molecular weight excluding hydrogens is 363 g/mol. The number of hydrogen-bond donors (Lipinski definition) is 1. The summed E-state index contributed by atoms with van der Waals surface area (Å²) in [4.78, 5) is 14.8. The third-order valence-electron chi connectivity index (χ3n) is 5.38. The highest BCUT2D eigenvalue weighted by Crippen LogP contribution is 2.23. The lowest BCUT2D eigenvalue weighted by Gasteiger charge is -2.32. The number of amides is 1. The SMILES string of the molecule is Cc1ccccc1C(C)NC(=O)C1CCN(Cc2ccc(Cl)cc2F)CC1. The molecule has 3 nitrogen and oxygen atoms in total. The van der Waals surface area contributed by atoms with Crippen molar-refractivity contribution in [1.82, 2.24) is 10.2 Å². The number of benzene rings is 2. The van der Waals surface area contributed by atoms with Crippen molar-refractivity contribution < 1.29 is 9.18 Å². The van der Waals surface area contributed by atoms with Crippen molar-refractivity contribution >= 4 is 17.5 Å². The van der Waals surface area contributed by atoms with Crippen molar-refractivity contribution in [3.05, 3.63) is 70.0 Å². The zero-order chi connectivity index (χ0) is 19.4. The van der Waals surface area contributed by atoms with Gasteiger partial charge in [0, 0.05) is 23.0 Å². The van der Waals surface area contributed by atoms with E-state index < -0.39 is 0 Å². The standard InChI is InChI=1S/C22H26ClFN2O/c1-15-5-3-4-6-20(15)16(2)25-22(27)17-9-11-26(12-10-17)14-18-7-8-19(23)13-21(18)24/h3-8,13,16-17H,9-12,14H2,1-2H3,(H,25,27). The second-order valence-corrected chi connectivity index (χ2v) is 7.81. The van der Waals surface area contributed by atoms with Gasteiger partial charge in [0.15, 0.2) is 0 Å². The number of carbonyl (C=O) groups excluding carboxylic acids is 1. The molecule has 0 aliphatic carbocycles. The largest absolute Gasteiger partial charge is 0.349 e. The summed E-state index contributed by atoms with van der Waals surface area (Å²) in [5, 5.41) is 3.57. The second kappa shape index (κ2) is 8.85. The predicted octanol–water partition coefficient (Wildman–Crippen LogP) is 4.88. The van der Waals surface area contributed by atoms with Crippen LogP contribution >= 0.6 is 11.6 Å². The van der Waals surface area contributed by atoms with E-state index in [1.54, 1.807) is 12.1 Å². The minimum Gasteiger partial charge on any atom is -0.349 e. The van der Waals surface area contributed by atoms with Gasteiger partial charge >= 0.3 is 0 Å². The van der Waals surface area contributed by atoms with Gasteiger partial charge in [-0.3, -0.25) is 9.69 Å². The molecule has 1 heterocycles. The summed E-state index contributed by atoms with van der Waals surface area (Å²) in [6, 6.07) is 12.9. The monoisotopic (exact) mass is 388 g/mol. The highest BCUT2D eigenvalue weighted by Gasteiger charge is 2.26. The van der Waals surface area contributed by atoms with Crippen LogP contribution in [0.3, 0.4) is 0 Å². The smallest absolute Gasteiger partial charge is 0.223 e. The number of carbonyl (C=O) groups is 1. The number of nitrogens with one attached hydrogen (secondary N) is 1. The molecule has 1 unspecified atom stereocenters. The van der Waals surface area contributed by atoms with Crippen molar-refractivity contribution in [2.45, 2.75) is 39.3 Å². The van der Waals surface area contributed by atoms with E-state index in [0.717, 1.165) is 31.5 Å². The van der Waals surface area contributed by atoms with E-state index in [4.69, 9.17) is 11.6 Å². The van der Waals surface area contributed by atoms with Crippen LogP contribution in [0.5, 0.6) is 0 Å². The molecule has 1 aliphatic rings. The van der Waals surface area contributed by atoms with E-state index >= 15 is 0 Å². The third kappa shape index (κ3) is 5.08. The molecular formula is C22H26ClFN2O. The number of piperidine rings is 1. The van der Waals surface area contributed by atoms with Gasteiger partial charge in [-0.2, -0.15) is 0 Å².